The van der Waals surface area contributed by atoms with Gasteiger partial charge in [-0.3, -0.25) is 9.52 Å². The van der Waals surface area contributed by atoms with Crippen LogP contribution in [-0.2, 0) is 27.2 Å². The summed E-state index contributed by atoms with van der Waals surface area (Å²) in [6.07, 6.45) is 1.65. The third-order valence-corrected chi connectivity index (χ3v) is 5.77. The third-order valence-electron chi connectivity index (χ3n) is 3.72. The van der Waals surface area contributed by atoms with E-state index >= 15 is 0 Å². The SMILES string of the molecule is CS(=O)(=O)Nc1cc2c(cc1S(=O)c1ccc(F)cc1F)C(=O)CC2. The second-order valence-electron chi connectivity index (χ2n) is 5.65. The second-order valence-corrected chi connectivity index (χ2v) is 8.81. The number of fused-ring (bicyclic) bond motifs is 1. The molecule has 9 heteroatoms. The van der Waals surface area contributed by atoms with Crippen LogP contribution in [0.15, 0.2) is 40.1 Å². The number of rotatable bonds is 4. The smallest absolute Gasteiger partial charge is 0.229 e. The Morgan fingerprint density at radius 3 is 2.44 bits per heavy atom. The molecule has 0 saturated carbocycles. The van der Waals surface area contributed by atoms with Crippen molar-refractivity contribution in [2.75, 3.05) is 11.0 Å². The van der Waals surface area contributed by atoms with Crippen LogP contribution >= 0.6 is 0 Å². The number of carbonyl (C=O) groups is 1. The minimum absolute atomic E-state index is 0.0120. The van der Waals surface area contributed by atoms with Crippen LogP contribution in [0.4, 0.5) is 14.5 Å². The van der Waals surface area contributed by atoms with Crippen LogP contribution in [0.1, 0.15) is 22.3 Å². The van der Waals surface area contributed by atoms with Gasteiger partial charge in [0.25, 0.3) is 0 Å². The van der Waals surface area contributed by atoms with Gasteiger partial charge in [0.05, 0.1) is 32.5 Å². The molecule has 0 saturated heterocycles. The van der Waals surface area contributed by atoms with Gasteiger partial charge in [-0.05, 0) is 36.2 Å². The summed E-state index contributed by atoms with van der Waals surface area (Å²) >= 11 is 0. The summed E-state index contributed by atoms with van der Waals surface area (Å²) in [7, 11) is -5.83. The van der Waals surface area contributed by atoms with Gasteiger partial charge in [-0.2, -0.15) is 0 Å². The predicted octanol–water partition coefficient (Wildman–Crippen LogP) is 2.63. The zero-order valence-electron chi connectivity index (χ0n) is 13.0. The van der Waals surface area contributed by atoms with Gasteiger partial charge in [0.2, 0.25) is 10.0 Å². The molecule has 25 heavy (non-hydrogen) atoms. The molecular formula is C16H13F2NO4S2. The topological polar surface area (TPSA) is 80.3 Å². The highest BCUT2D eigenvalue weighted by atomic mass is 32.2. The van der Waals surface area contributed by atoms with Gasteiger partial charge in [-0.1, -0.05) is 0 Å². The number of nitrogens with one attached hydrogen (secondary N) is 1. The van der Waals surface area contributed by atoms with Crippen molar-refractivity contribution in [2.45, 2.75) is 22.6 Å². The molecule has 132 valence electrons. The molecule has 1 aliphatic carbocycles. The standard InChI is InChI=1S/C16H13F2NO4S2/c1-25(22,23)19-13-6-9-2-4-14(20)11(9)8-16(13)24(21)15-5-3-10(17)7-12(15)18/h3,5-8,19H,2,4H2,1H3. The summed E-state index contributed by atoms with van der Waals surface area (Å²) in [6, 6.07) is 5.33. The van der Waals surface area contributed by atoms with Crippen molar-refractivity contribution >= 4 is 32.3 Å². The number of hydrogen-bond donors (Lipinski definition) is 1. The average molecular weight is 385 g/mol. The molecular weight excluding hydrogens is 372 g/mol. The van der Waals surface area contributed by atoms with E-state index in [9.17, 15) is 26.2 Å². The van der Waals surface area contributed by atoms with E-state index in [2.05, 4.69) is 4.72 Å². The van der Waals surface area contributed by atoms with Gasteiger partial charge >= 0.3 is 0 Å². The fourth-order valence-corrected chi connectivity index (χ4v) is 4.48. The summed E-state index contributed by atoms with van der Waals surface area (Å²) in [5, 5.41) is 0. The predicted molar refractivity (Wildman–Crippen MR) is 88.6 cm³/mol. The zero-order valence-corrected chi connectivity index (χ0v) is 14.6. The van der Waals surface area contributed by atoms with Crippen LogP contribution < -0.4 is 4.72 Å². The number of benzene rings is 2. The van der Waals surface area contributed by atoms with Crippen molar-refractivity contribution in [1.29, 1.82) is 0 Å². The highest BCUT2D eigenvalue weighted by molar-refractivity contribution is 7.92. The first-order valence-corrected chi connectivity index (χ1v) is 10.2. The molecule has 1 unspecified atom stereocenters. The van der Waals surface area contributed by atoms with E-state index in [1.54, 1.807) is 0 Å². The van der Waals surface area contributed by atoms with E-state index in [-0.39, 0.29) is 27.7 Å². The second kappa shape index (κ2) is 6.30. The number of anilines is 1. The fraction of sp³-hybridized carbons (Fsp3) is 0.188. The largest absolute Gasteiger partial charge is 0.294 e. The van der Waals surface area contributed by atoms with Crippen LogP contribution in [0, 0.1) is 11.6 Å². The van der Waals surface area contributed by atoms with Crippen LogP contribution in [0.3, 0.4) is 0 Å². The molecule has 0 aliphatic heterocycles. The molecule has 1 aliphatic rings. The first kappa shape index (κ1) is 17.7. The normalized spacial score (nSPS) is 15.1. The Kier molecular flexibility index (Phi) is 4.46. The number of aryl methyl sites for hydroxylation is 1. The summed E-state index contributed by atoms with van der Waals surface area (Å²) in [6.45, 7) is 0. The summed E-state index contributed by atoms with van der Waals surface area (Å²) in [5.41, 5.74) is 0.986. The maximum absolute atomic E-state index is 14.0. The minimum atomic E-state index is -3.69. The van der Waals surface area contributed by atoms with E-state index in [1.165, 1.54) is 12.1 Å². The number of hydrogen-bond acceptors (Lipinski definition) is 4. The molecule has 0 radical (unpaired) electrons. The fourth-order valence-electron chi connectivity index (χ4n) is 2.65. The molecule has 0 fully saturated rings. The van der Waals surface area contributed by atoms with Crippen molar-refractivity contribution in [1.82, 2.24) is 0 Å². The Hall–Kier alpha value is -2.13. The monoisotopic (exact) mass is 385 g/mol. The lowest BCUT2D eigenvalue weighted by Crippen LogP contribution is -2.13. The number of ketones is 1. The Labute approximate surface area is 145 Å². The Morgan fingerprint density at radius 1 is 1.08 bits per heavy atom. The van der Waals surface area contributed by atoms with Gasteiger partial charge in [0.1, 0.15) is 11.6 Å². The minimum Gasteiger partial charge on any atom is -0.294 e. The number of halogens is 2. The third kappa shape index (κ3) is 3.62. The van der Waals surface area contributed by atoms with Gasteiger partial charge in [-0.15, -0.1) is 0 Å². The quantitative estimate of drug-likeness (QED) is 0.877. The van der Waals surface area contributed by atoms with Crippen molar-refractivity contribution in [3.63, 3.8) is 0 Å². The van der Waals surface area contributed by atoms with E-state index in [4.69, 9.17) is 0 Å². The van der Waals surface area contributed by atoms with E-state index in [0.29, 0.717) is 23.6 Å². The van der Waals surface area contributed by atoms with E-state index < -0.39 is 32.5 Å². The molecule has 0 amide bonds. The first-order valence-electron chi connectivity index (χ1n) is 7.20. The lowest BCUT2D eigenvalue weighted by molar-refractivity contribution is 0.0994. The molecule has 1 atom stereocenters. The van der Waals surface area contributed by atoms with Crippen LogP contribution in [0.25, 0.3) is 0 Å². The van der Waals surface area contributed by atoms with Crippen molar-refractivity contribution in [3.8, 4) is 0 Å². The lowest BCUT2D eigenvalue weighted by atomic mass is 10.1. The van der Waals surface area contributed by atoms with Gasteiger partial charge < -0.3 is 0 Å². The number of carbonyl (C=O) groups excluding carboxylic acids is 1. The molecule has 0 heterocycles. The van der Waals surface area contributed by atoms with E-state index in [0.717, 1.165) is 18.4 Å². The zero-order chi connectivity index (χ0) is 18.4. The molecule has 2 aromatic rings. The molecule has 0 bridgehead atoms. The van der Waals surface area contributed by atoms with Crippen LogP contribution in [0.2, 0.25) is 0 Å². The van der Waals surface area contributed by atoms with Crippen molar-refractivity contribution in [3.05, 3.63) is 53.1 Å². The summed E-state index contributed by atoms with van der Waals surface area (Å²) < 4.78 is 65.3. The van der Waals surface area contributed by atoms with Crippen LogP contribution in [0.5, 0.6) is 0 Å². The molecule has 2 aromatic carbocycles. The molecule has 0 spiro atoms. The highest BCUT2D eigenvalue weighted by Gasteiger charge is 2.26. The molecule has 1 N–H and O–H groups in total. The maximum Gasteiger partial charge on any atom is 0.229 e. The van der Waals surface area contributed by atoms with Gasteiger partial charge in [0, 0.05) is 18.1 Å². The maximum atomic E-state index is 14.0. The summed E-state index contributed by atoms with van der Waals surface area (Å²) in [4.78, 5) is 11.6. The molecule has 5 nitrogen and oxygen atoms in total. The van der Waals surface area contributed by atoms with Crippen LogP contribution in [-0.4, -0.2) is 24.7 Å². The first-order chi connectivity index (χ1) is 11.7. The average Bonchev–Trinajstić information content (AvgIpc) is 2.85. The number of sulfonamides is 1. The highest BCUT2D eigenvalue weighted by Crippen LogP contribution is 2.33. The Morgan fingerprint density at radius 2 is 1.80 bits per heavy atom. The lowest BCUT2D eigenvalue weighted by Gasteiger charge is -2.13. The van der Waals surface area contributed by atoms with E-state index in [1.807, 2.05) is 0 Å². The molecule has 0 aromatic heterocycles. The van der Waals surface area contributed by atoms with Gasteiger partial charge in [0.15, 0.2) is 5.78 Å². The van der Waals surface area contributed by atoms with Crippen molar-refractivity contribution < 1.29 is 26.2 Å². The van der Waals surface area contributed by atoms with Gasteiger partial charge in [-0.25, -0.2) is 21.4 Å². The molecule has 3 rings (SSSR count). The summed E-state index contributed by atoms with van der Waals surface area (Å²) in [5.74, 6) is -1.99. The Balaban J connectivity index is 2.17. The van der Waals surface area contributed by atoms with Crippen molar-refractivity contribution in [2.24, 2.45) is 0 Å². The number of Topliss-reactive ketones (excluding diaryl/α,β-unsaturated/α-hetero) is 1. The Bertz CT molecular complexity index is 1020.